The lowest BCUT2D eigenvalue weighted by atomic mass is 10.1. The number of ketones is 1. The van der Waals surface area contributed by atoms with Crippen LogP contribution in [0.15, 0.2) is 23.1 Å². The van der Waals surface area contributed by atoms with Gasteiger partial charge >= 0.3 is 0 Å². The maximum Gasteiger partial charge on any atom is 0.240 e. The molecule has 0 radical (unpaired) electrons. The van der Waals surface area contributed by atoms with E-state index in [-0.39, 0.29) is 23.5 Å². The molecule has 0 bridgehead atoms. The Balaban J connectivity index is 2.50. The standard InChI is InChI=1S/C13H14N2O3S/c1-7(16)9-3-4-11-10(5-9)15(6-12(14)17)13(18)8(2)19-11/h3-5,8H,6H2,1-2H3,(H2,14,17). The highest BCUT2D eigenvalue weighted by atomic mass is 32.2. The Bertz CT molecular complexity index is 571. The normalized spacial score (nSPS) is 18.1. The number of anilines is 1. The number of benzene rings is 1. The van der Waals surface area contributed by atoms with Crippen LogP contribution in [0.25, 0.3) is 0 Å². The van der Waals surface area contributed by atoms with Gasteiger partial charge in [0.1, 0.15) is 6.54 Å². The summed E-state index contributed by atoms with van der Waals surface area (Å²) in [5, 5.41) is -0.268. The molecule has 1 aliphatic heterocycles. The molecule has 1 aromatic carbocycles. The van der Waals surface area contributed by atoms with Crippen molar-refractivity contribution in [2.45, 2.75) is 24.0 Å². The predicted octanol–water partition coefficient (Wildman–Crippen LogP) is 1.20. The summed E-state index contributed by atoms with van der Waals surface area (Å²) >= 11 is 1.42. The first-order chi connectivity index (χ1) is 8.90. The minimum Gasteiger partial charge on any atom is -0.368 e. The molecule has 1 heterocycles. The summed E-state index contributed by atoms with van der Waals surface area (Å²) in [5.74, 6) is -0.832. The highest BCUT2D eigenvalue weighted by Gasteiger charge is 2.31. The Labute approximate surface area is 115 Å². The zero-order valence-corrected chi connectivity index (χ0v) is 11.5. The van der Waals surface area contributed by atoms with Crippen LogP contribution in [0.2, 0.25) is 0 Å². The first-order valence-corrected chi connectivity index (χ1v) is 6.69. The number of fused-ring (bicyclic) bond motifs is 1. The van der Waals surface area contributed by atoms with Crippen LogP contribution >= 0.6 is 11.8 Å². The van der Waals surface area contributed by atoms with Crippen LogP contribution in [-0.2, 0) is 9.59 Å². The lowest BCUT2D eigenvalue weighted by Crippen LogP contribution is -2.44. The maximum absolute atomic E-state index is 12.1. The number of carbonyl (C=O) groups is 3. The van der Waals surface area contributed by atoms with E-state index in [4.69, 9.17) is 5.73 Å². The number of nitrogens with zero attached hydrogens (tertiary/aromatic N) is 1. The van der Waals surface area contributed by atoms with E-state index in [2.05, 4.69) is 0 Å². The largest absolute Gasteiger partial charge is 0.368 e. The molecule has 0 aliphatic carbocycles. The molecule has 5 nitrogen and oxygen atoms in total. The molecule has 2 N–H and O–H groups in total. The number of hydrogen-bond donors (Lipinski definition) is 1. The monoisotopic (exact) mass is 278 g/mol. The highest BCUT2D eigenvalue weighted by molar-refractivity contribution is 8.01. The Morgan fingerprint density at radius 1 is 1.42 bits per heavy atom. The number of nitrogens with two attached hydrogens (primary N) is 1. The van der Waals surface area contributed by atoms with Crippen LogP contribution in [0.3, 0.4) is 0 Å². The molecule has 2 amide bonds. The maximum atomic E-state index is 12.1. The first-order valence-electron chi connectivity index (χ1n) is 5.81. The minimum absolute atomic E-state index is 0.0853. The Morgan fingerprint density at radius 3 is 2.68 bits per heavy atom. The lowest BCUT2D eigenvalue weighted by Gasteiger charge is -2.31. The van der Waals surface area contributed by atoms with Gasteiger partial charge in [-0.3, -0.25) is 14.4 Å². The molecule has 2 rings (SSSR count). The zero-order valence-electron chi connectivity index (χ0n) is 10.7. The molecule has 0 spiro atoms. The molecule has 1 aliphatic rings. The third-order valence-corrected chi connectivity index (χ3v) is 4.04. The molecule has 19 heavy (non-hydrogen) atoms. The summed E-state index contributed by atoms with van der Waals surface area (Å²) in [4.78, 5) is 36.8. The highest BCUT2D eigenvalue weighted by Crippen LogP contribution is 2.39. The van der Waals surface area contributed by atoms with E-state index < -0.39 is 5.91 Å². The number of carbonyl (C=O) groups excluding carboxylic acids is 3. The van der Waals surface area contributed by atoms with Gasteiger partial charge in [0.25, 0.3) is 0 Å². The summed E-state index contributed by atoms with van der Waals surface area (Å²) in [5.41, 5.74) is 6.27. The van der Waals surface area contributed by atoms with Crippen LogP contribution in [-0.4, -0.2) is 29.4 Å². The summed E-state index contributed by atoms with van der Waals surface area (Å²) in [7, 11) is 0. The van der Waals surface area contributed by atoms with Crippen molar-refractivity contribution in [2.75, 3.05) is 11.4 Å². The summed E-state index contributed by atoms with van der Waals surface area (Å²) < 4.78 is 0. The molecular formula is C13H14N2O3S. The number of hydrogen-bond acceptors (Lipinski definition) is 4. The minimum atomic E-state index is -0.577. The molecule has 0 fully saturated rings. The predicted molar refractivity (Wildman–Crippen MR) is 73.3 cm³/mol. The van der Waals surface area contributed by atoms with Crippen LogP contribution < -0.4 is 10.6 Å². The van der Waals surface area contributed by atoms with Crippen molar-refractivity contribution in [1.29, 1.82) is 0 Å². The first kappa shape index (κ1) is 13.6. The van der Waals surface area contributed by atoms with E-state index in [1.54, 1.807) is 25.1 Å². The van der Waals surface area contributed by atoms with Gasteiger partial charge in [-0.15, -0.1) is 11.8 Å². The molecule has 0 aromatic heterocycles. The Kier molecular flexibility index (Phi) is 3.61. The second-order valence-corrected chi connectivity index (χ2v) is 5.77. The van der Waals surface area contributed by atoms with Crippen LogP contribution in [0, 0.1) is 0 Å². The van der Waals surface area contributed by atoms with Gasteiger partial charge in [0, 0.05) is 10.5 Å². The molecule has 0 saturated carbocycles. The molecule has 1 unspecified atom stereocenters. The van der Waals surface area contributed by atoms with Gasteiger partial charge in [-0.25, -0.2) is 0 Å². The average Bonchev–Trinajstić information content (AvgIpc) is 2.34. The Morgan fingerprint density at radius 2 is 2.11 bits per heavy atom. The second kappa shape index (κ2) is 5.05. The van der Waals surface area contributed by atoms with Crippen LogP contribution in [0.1, 0.15) is 24.2 Å². The smallest absolute Gasteiger partial charge is 0.240 e. The van der Waals surface area contributed by atoms with Crippen LogP contribution in [0.5, 0.6) is 0 Å². The number of amides is 2. The van der Waals surface area contributed by atoms with E-state index in [1.807, 2.05) is 0 Å². The fourth-order valence-electron chi connectivity index (χ4n) is 1.94. The lowest BCUT2D eigenvalue weighted by molar-refractivity contribution is -0.122. The van der Waals surface area contributed by atoms with Gasteiger partial charge in [-0.1, -0.05) is 6.07 Å². The van der Waals surface area contributed by atoms with Crippen molar-refractivity contribution >= 4 is 35.0 Å². The molecule has 1 atom stereocenters. The molecule has 1 aromatic rings. The average molecular weight is 278 g/mol. The van der Waals surface area contributed by atoms with Crippen molar-refractivity contribution < 1.29 is 14.4 Å². The van der Waals surface area contributed by atoms with E-state index in [0.717, 1.165) is 4.90 Å². The second-order valence-electron chi connectivity index (χ2n) is 4.39. The number of Topliss-reactive ketones (excluding diaryl/α,β-unsaturated/α-hetero) is 1. The van der Waals surface area contributed by atoms with E-state index in [1.165, 1.54) is 23.6 Å². The third-order valence-electron chi connectivity index (χ3n) is 2.89. The van der Waals surface area contributed by atoms with Gasteiger partial charge in [0.15, 0.2) is 5.78 Å². The van der Waals surface area contributed by atoms with Crippen molar-refractivity contribution in [1.82, 2.24) is 0 Å². The summed E-state index contributed by atoms with van der Waals surface area (Å²) in [6.45, 7) is 3.07. The van der Waals surface area contributed by atoms with Crippen molar-refractivity contribution in [3.05, 3.63) is 23.8 Å². The SMILES string of the molecule is CC(=O)c1ccc2c(c1)N(CC(N)=O)C(=O)C(C)S2. The number of thioether (sulfide) groups is 1. The molecule has 0 saturated heterocycles. The van der Waals surface area contributed by atoms with Gasteiger partial charge < -0.3 is 10.6 Å². The van der Waals surface area contributed by atoms with Gasteiger partial charge in [-0.2, -0.15) is 0 Å². The van der Waals surface area contributed by atoms with Crippen molar-refractivity contribution in [2.24, 2.45) is 5.73 Å². The summed E-state index contributed by atoms with van der Waals surface area (Å²) in [6.07, 6.45) is 0. The molecular weight excluding hydrogens is 264 g/mol. The van der Waals surface area contributed by atoms with Crippen molar-refractivity contribution in [3.63, 3.8) is 0 Å². The van der Waals surface area contributed by atoms with Crippen molar-refractivity contribution in [3.8, 4) is 0 Å². The molecule has 100 valence electrons. The zero-order chi connectivity index (χ0) is 14.2. The van der Waals surface area contributed by atoms with E-state index in [0.29, 0.717) is 11.3 Å². The molecule has 6 heteroatoms. The Hall–Kier alpha value is -1.82. The topological polar surface area (TPSA) is 80.5 Å². The summed E-state index contributed by atoms with van der Waals surface area (Å²) in [6, 6.07) is 5.16. The van der Waals surface area contributed by atoms with Crippen LogP contribution in [0.4, 0.5) is 5.69 Å². The quantitative estimate of drug-likeness (QED) is 0.842. The van der Waals surface area contributed by atoms with Gasteiger partial charge in [-0.05, 0) is 26.0 Å². The van der Waals surface area contributed by atoms with Gasteiger partial charge in [0.2, 0.25) is 11.8 Å². The number of primary amides is 1. The van der Waals surface area contributed by atoms with E-state index >= 15 is 0 Å². The fourth-order valence-corrected chi connectivity index (χ4v) is 2.99. The van der Waals surface area contributed by atoms with E-state index in [9.17, 15) is 14.4 Å². The van der Waals surface area contributed by atoms with Gasteiger partial charge in [0.05, 0.1) is 10.9 Å². The fraction of sp³-hybridized carbons (Fsp3) is 0.308. The number of rotatable bonds is 3. The third kappa shape index (κ3) is 2.63.